The Hall–Kier alpha value is -1.09. The number of hydrogen-bond donors (Lipinski definition) is 0. The van der Waals surface area contributed by atoms with E-state index >= 15 is 0 Å². The van der Waals surface area contributed by atoms with Crippen molar-refractivity contribution < 1.29 is 8.83 Å². The van der Waals surface area contributed by atoms with Gasteiger partial charge in [0, 0.05) is 11.1 Å². The maximum absolute atomic E-state index is 5.70. The zero-order valence-electron chi connectivity index (χ0n) is 15.4. The van der Waals surface area contributed by atoms with E-state index in [1.165, 1.54) is 33.8 Å². The lowest BCUT2D eigenvalue weighted by Gasteiger charge is -2.08. The molecule has 0 saturated carbocycles. The molecular weight excluding hydrogens is 304 g/mol. The summed E-state index contributed by atoms with van der Waals surface area (Å²) < 4.78 is 11.4. The van der Waals surface area contributed by atoms with E-state index < -0.39 is 0 Å². The minimum atomic E-state index is 0.709. The topological polar surface area (TPSA) is 26.3 Å². The van der Waals surface area contributed by atoms with Crippen LogP contribution in [0.2, 0.25) is 0 Å². The summed E-state index contributed by atoms with van der Waals surface area (Å²) in [6, 6.07) is 0. The van der Waals surface area contributed by atoms with Crippen molar-refractivity contribution in [1.29, 1.82) is 0 Å². The summed E-state index contributed by atoms with van der Waals surface area (Å²) >= 11 is 1.82. The highest BCUT2D eigenvalue weighted by molar-refractivity contribution is 7.99. The summed E-state index contributed by atoms with van der Waals surface area (Å²) in [6.45, 7) is 13.2. The molecule has 0 radical (unpaired) electrons. The molecule has 0 aliphatic rings. The first-order valence-corrected chi connectivity index (χ1v) is 9.51. The van der Waals surface area contributed by atoms with Gasteiger partial charge in [-0.1, -0.05) is 39.5 Å². The van der Waals surface area contributed by atoms with Gasteiger partial charge in [0.25, 0.3) is 0 Å². The van der Waals surface area contributed by atoms with Gasteiger partial charge in [-0.15, -0.1) is 0 Å². The van der Waals surface area contributed by atoms with E-state index in [9.17, 15) is 0 Å². The molecule has 2 aromatic rings. The van der Waals surface area contributed by atoms with Gasteiger partial charge in [0.05, 0.1) is 22.3 Å². The molecule has 128 valence electrons. The zero-order chi connectivity index (χ0) is 17.0. The van der Waals surface area contributed by atoms with E-state index in [2.05, 4.69) is 41.5 Å². The van der Waals surface area contributed by atoms with Crippen LogP contribution in [0.5, 0.6) is 0 Å². The summed E-state index contributed by atoms with van der Waals surface area (Å²) in [5.41, 5.74) is 2.66. The molecule has 0 aliphatic carbocycles. The van der Waals surface area contributed by atoms with Crippen LogP contribution in [-0.2, 0) is 12.8 Å². The lowest BCUT2D eigenvalue weighted by Crippen LogP contribution is -1.94. The van der Waals surface area contributed by atoms with Crippen molar-refractivity contribution >= 4 is 11.8 Å². The number of rotatable bonds is 8. The summed E-state index contributed by atoms with van der Waals surface area (Å²) in [6.07, 6.45) is 8.41. The molecule has 0 aromatic carbocycles. The Morgan fingerprint density at radius 2 is 1.17 bits per heavy atom. The van der Waals surface area contributed by atoms with Crippen LogP contribution in [0, 0.1) is 25.7 Å². The molecule has 0 atom stereocenters. The molecule has 2 aromatic heterocycles. The van der Waals surface area contributed by atoms with Crippen LogP contribution in [-0.4, -0.2) is 0 Å². The quantitative estimate of drug-likeness (QED) is 0.530. The third-order valence-corrected chi connectivity index (χ3v) is 5.67. The number of aryl methyl sites for hydroxylation is 4. The van der Waals surface area contributed by atoms with Crippen LogP contribution < -0.4 is 0 Å². The summed E-state index contributed by atoms with van der Waals surface area (Å²) in [5, 5.41) is 0. The van der Waals surface area contributed by atoms with E-state index in [1.807, 2.05) is 24.3 Å². The molecule has 2 heterocycles. The second-order valence-corrected chi connectivity index (χ2v) is 8.28. The van der Waals surface area contributed by atoms with E-state index in [1.54, 1.807) is 0 Å². The molecule has 0 unspecified atom stereocenters. The second kappa shape index (κ2) is 8.14. The van der Waals surface area contributed by atoms with E-state index in [-0.39, 0.29) is 0 Å². The summed E-state index contributed by atoms with van der Waals surface area (Å²) in [5.74, 6) is 3.45. The summed E-state index contributed by atoms with van der Waals surface area (Å²) in [7, 11) is 0. The highest BCUT2D eigenvalue weighted by atomic mass is 32.2. The smallest absolute Gasteiger partial charge is 0.114 e. The fourth-order valence-corrected chi connectivity index (χ4v) is 3.75. The van der Waals surface area contributed by atoms with Crippen molar-refractivity contribution in [2.45, 2.75) is 77.0 Å². The predicted molar refractivity (Wildman–Crippen MR) is 97.3 cm³/mol. The van der Waals surface area contributed by atoms with Gasteiger partial charge in [-0.2, -0.15) is 0 Å². The first-order valence-electron chi connectivity index (χ1n) is 8.70. The molecule has 0 saturated heterocycles. The molecule has 0 bridgehead atoms. The molecule has 0 amide bonds. The Bertz CT molecular complexity index is 565. The van der Waals surface area contributed by atoms with Crippen LogP contribution in [0.3, 0.4) is 0 Å². The van der Waals surface area contributed by atoms with Gasteiger partial charge >= 0.3 is 0 Å². The highest BCUT2D eigenvalue weighted by Gasteiger charge is 2.18. The molecule has 0 N–H and O–H groups in total. The van der Waals surface area contributed by atoms with E-state index in [0.717, 1.165) is 24.4 Å². The van der Waals surface area contributed by atoms with Gasteiger partial charge in [-0.25, -0.2) is 0 Å². The van der Waals surface area contributed by atoms with Crippen molar-refractivity contribution in [1.82, 2.24) is 0 Å². The van der Waals surface area contributed by atoms with Crippen LogP contribution in [0.1, 0.15) is 63.2 Å². The predicted octanol–water partition coefficient (Wildman–Crippen LogP) is 6.82. The average Bonchev–Trinajstić information content (AvgIpc) is 3.00. The Kier molecular flexibility index (Phi) is 6.46. The van der Waals surface area contributed by atoms with Crippen molar-refractivity contribution in [3.63, 3.8) is 0 Å². The van der Waals surface area contributed by atoms with Gasteiger partial charge in [0.2, 0.25) is 0 Å². The van der Waals surface area contributed by atoms with Crippen molar-refractivity contribution in [2.24, 2.45) is 11.8 Å². The third-order valence-electron chi connectivity index (χ3n) is 4.16. The van der Waals surface area contributed by atoms with Crippen molar-refractivity contribution in [3.05, 3.63) is 35.2 Å². The minimum absolute atomic E-state index is 0.709. The molecule has 0 fully saturated rings. The van der Waals surface area contributed by atoms with Crippen LogP contribution >= 0.6 is 11.8 Å². The number of furan rings is 2. The van der Waals surface area contributed by atoms with Crippen molar-refractivity contribution in [2.75, 3.05) is 0 Å². The fraction of sp³-hybridized carbons (Fsp3) is 0.600. The van der Waals surface area contributed by atoms with Gasteiger partial charge < -0.3 is 8.83 Å². The second-order valence-electron chi connectivity index (χ2n) is 7.26. The normalized spacial score (nSPS) is 11.8. The molecule has 2 rings (SSSR count). The average molecular weight is 335 g/mol. The summed E-state index contributed by atoms with van der Waals surface area (Å²) in [4.78, 5) is 2.56. The minimum Gasteiger partial charge on any atom is -0.468 e. The standard InChI is InChI=1S/C20H30O2S/c1-13(2)7-9-17-11-21-15(5)19(17)23-20-16(6)22-12-18(20)10-8-14(3)4/h11-14H,7-10H2,1-6H3. The Morgan fingerprint density at radius 1 is 0.783 bits per heavy atom. The van der Waals surface area contributed by atoms with Crippen LogP contribution in [0.4, 0.5) is 0 Å². The molecule has 23 heavy (non-hydrogen) atoms. The lowest BCUT2D eigenvalue weighted by molar-refractivity contribution is 0.522. The zero-order valence-corrected chi connectivity index (χ0v) is 16.2. The monoisotopic (exact) mass is 334 g/mol. The Labute approximate surface area is 145 Å². The molecule has 0 aliphatic heterocycles. The first kappa shape index (κ1) is 18.3. The van der Waals surface area contributed by atoms with E-state index in [0.29, 0.717) is 11.8 Å². The van der Waals surface area contributed by atoms with Gasteiger partial charge in [0.1, 0.15) is 11.5 Å². The highest BCUT2D eigenvalue weighted by Crippen LogP contribution is 2.40. The van der Waals surface area contributed by atoms with Crippen molar-refractivity contribution in [3.8, 4) is 0 Å². The third kappa shape index (κ3) is 4.94. The molecular formula is C20H30O2S. The first-order chi connectivity index (χ1) is 10.9. The van der Waals surface area contributed by atoms with Gasteiger partial charge in [-0.3, -0.25) is 0 Å². The lowest BCUT2D eigenvalue weighted by atomic mass is 10.0. The molecule has 3 heteroatoms. The Morgan fingerprint density at radius 3 is 1.52 bits per heavy atom. The SMILES string of the molecule is Cc1occ(CCC(C)C)c1Sc1c(CCC(C)C)coc1C. The number of hydrogen-bond acceptors (Lipinski definition) is 3. The van der Waals surface area contributed by atoms with Crippen LogP contribution in [0.15, 0.2) is 31.2 Å². The molecule has 2 nitrogen and oxygen atoms in total. The van der Waals surface area contributed by atoms with E-state index in [4.69, 9.17) is 8.83 Å². The fourth-order valence-electron chi connectivity index (χ4n) is 2.60. The molecule has 0 spiro atoms. The largest absolute Gasteiger partial charge is 0.468 e. The Balaban J connectivity index is 2.19. The maximum atomic E-state index is 5.70. The maximum Gasteiger partial charge on any atom is 0.114 e. The van der Waals surface area contributed by atoms with Gasteiger partial charge in [0.15, 0.2) is 0 Å². The van der Waals surface area contributed by atoms with Gasteiger partial charge in [-0.05, 0) is 51.4 Å². The van der Waals surface area contributed by atoms with Crippen LogP contribution in [0.25, 0.3) is 0 Å².